The van der Waals surface area contributed by atoms with Crippen LogP contribution in [-0.4, -0.2) is 0 Å². The molecule has 1 aromatic carbocycles. The van der Waals surface area contributed by atoms with Gasteiger partial charge in [-0.15, -0.1) is 0 Å². The van der Waals surface area contributed by atoms with Gasteiger partial charge in [-0.2, -0.15) is 0 Å². The molecule has 4 rings (SSSR count). The van der Waals surface area contributed by atoms with Crippen molar-refractivity contribution in [3.05, 3.63) is 34.9 Å². The van der Waals surface area contributed by atoms with Crippen LogP contribution in [0.2, 0.25) is 0 Å². The van der Waals surface area contributed by atoms with Crippen molar-refractivity contribution in [1.29, 1.82) is 0 Å². The SMILES string of the molecule is Cc1cc(C)cc(C2C3CCCC3CC3CC(C)CC32)c1. The maximum atomic E-state index is 2.51. The van der Waals surface area contributed by atoms with Gasteiger partial charge in [-0.3, -0.25) is 0 Å². The minimum atomic E-state index is 0.875. The van der Waals surface area contributed by atoms with Crippen molar-refractivity contribution in [2.45, 2.75) is 65.2 Å². The van der Waals surface area contributed by atoms with Crippen LogP contribution < -0.4 is 0 Å². The van der Waals surface area contributed by atoms with Crippen molar-refractivity contribution in [2.24, 2.45) is 29.6 Å². The first-order valence-corrected chi connectivity index (χ1v) is 9.20. The lowest BCUT2D eigenvalue weighted by Gasteiger charge is -2.43. The number of hydrogen-bond donors (Lipinski definition) is 0. The normalized spacial score (nSPS) is 41.9. The molecule has 1 aromatic rings. The van der Waals surface area contributed by atoms with Crippen LogP contribution in [0, 0.1) is 43.4 Å². The summed E-state index contributed by atoms with van der Waals surface area (Å²) in [6.45, 7) is 7.05. The van der Waals surface area contributed by atoms with Crippen molar-refractivity contribution >= 4 is 0 Å². The molecule has 0 nitrogen and oxygen atoms in total. The van der Waals surface area contributed by atoms with Crippen molar-refractivity contribution in [2.75, 3.05) is 0 Å². The van der Waals surface area contributed by atoms with Crippen LogP contribution in [0.1, 0.15) is 68.1 Å². The summed E-state index contributed by atoms with van der Waals surface area (Å²) in [4.78, 5) is 0. The summed E-state index contributed by atoms with van der Waals surface area (Å²) in [5, 5.41) is 0. The summed E-state index contributed by atoms with van der Waals surface area (Å²) in [7, 11) is 0. The van der Waals surface area contributed by atoms with E-state index in [1.54, 1.807) is 12.0 Å². The first-order chi connectivity index (χ1) is 10.1. The third kappa shape index (κ3) is 2.35. The van der Waals surface area contributed by atoms with E-state index >= 15 is 0 Å². The largest absolute Gasteiger partial charge is 0.0625 e. The van der Waals surface area contributed by atoms with E-state index < -0.39 is 0 Å². The first-order valence-electron chi connectivity index (χ1n) is 9.20. The van der Waals surface area contributed by atoms with E-state index in [4.69, 9.17) is 0 Å². The van der Waals surface area contributed by atoms with Gasteiger partial charge in [-0.1, -0.05) is 49.1 Å². The molecule has 6 atom stereocenters. The van der Waals surface area contributed by atoms with Gasteiger partial charge in [0.2, 0.25) is 0 Å². The summed E-state index contributed by atoms with van der Waals surface area (Å²) >= 11 is 0. The van der Waals surface area contributed by atoms with Crippen LogP contribution in [0.5, 0.6) is 0 Å². The van der Waals surface area contributed by atoms with Gasteiger partial charge in [0, 0.05) is 0 Å². The van der Waals surface area contributed by atoms with E-state index in [0.29, 0.717) is 0 Å². The Labute approximate surface area is 130 Å². The molecular weight excluding hydrogens is 252 g/mol. The lowest BCUT2D eigenvalue weighted by Crippen LogP contribution is -2.34. The summed E-state index contributed by atoms with van der Waals surface area (Å²) in [6.07, 6.45) is 9.07. The molecule has 0 amide bonds. The first kappa shape index (κ1) is 13.9. The molecule has 0 spiro atoms. The molecule has 0 bridgehead atoms. The highest BCUT2D eigenvalue weighted by atomic mass is 14.5. The second-order valence-electron chi connectivity index (χ2n) is 8.54. The Balaban J connectivity index is 1.75. The number of aryl methyl sites for hydroxylation is 2. The Hall–Kier alpha value is -0.780. The monoisotopic (exact) mass is 282 g/mol. The van der Waals surface area contributed by atoms with Gasteiger partial charge in [-0.05, 0) is 80.6 Å². The average Bonchev–Trinajstić information content (AvgIpc) is 2.98. The highest BCUT2D eigenvalue weighted by Gasteiger charge is 2.49. The van der Waals surface area contributed by atoms with E-state index in [9.17, 15) is 0 Å². The number of benzene rings is 1. The van der Waals surface area contributed by atoms with Crippen molar-refractivity contribution in [1.82, 2.24) is 0 Å². The van der Waals surface area contributed by atoms with Crippen LogP contribution in [0.25, 0.3) is 0 Å². The zero-order valence-corrected chi connectivity index (χ0v) is 13.9. The summed E-state index contributed by atoms with van der Waals surface area (Å²) in [5.74, 6) is 5.90. The molecule has 0 heterocycles. The molecule has 0 aliphatic heterocycles. The van der Waals surface area contributed by atoms with Crippen LogP contribution >= 0.6 is 0 Å². The van der Waals surface area contributed by atoms with Gasteiger partial charge in [0.1, 0.15) is 0 Å². The fourth-order valence-corrected chi connectivity index (χ4v) is 6.39. The quantitative estimate of drug-likeness (QED) is 0.604. The molecule has 0 saturated heterocycles. The third-order valence-corrected chi connectivity index (χ3v) is 6.86. The Morgan fingerprint density at radius 2 is 1.57 bits per heavy atom. The Kier molecular flexibility index (Phi) is 3.39. The Bertz CT molecular complexity index is 509. The zero-order chi connectivity index (χ0) is 14.6. The van der Waals surface area contributed by atoms with E-state index in [2.05, 4.69) is 39.0 Å². The second-order valence-corrected chi connectivity index (χ2v) is 8.54. The third-order valence-electron chi connectivity index (χ3n) is 6.86. The number of fused-ring (bicyclic) bond motifs is 2. The smallest absolute Gasteiger partial charge is 0.00997 e. The van der Waals surface area contributed by atoms with Gasteiger partial charge >= 0.3 is 0 Å². The molecule has 3 aliphatic carbocycles. The van der Waals surface area contributed by atoms with E-state index in [0.717, 1.165) is 35.5 Å². The van der Waals surface area contributed by atoms with Gasteiger partial charge < -0.3 is 0 Å². The van der Waals surface area contributed by atoms with Crippen molar-refractivity contribution in [3.63, 3.8) is 0 Å². The molecule has 0 aromatic heterocycles. The summed E-state index contributed by atoms with van der Waals surface area (Å²) in [6, 6.07) is 7.37. The minimum Gasteiger partial charge on any atom is -0.0625 e. The van der Waals surface area contributed by atoms with E-state index in [-0.39, 0.29) is 0 Å². The lowest BCUT2D eigenvalue weighted by molar-refractivity contribution is 0.122. The molecule has 0 heteroatoms. The minimum absolute atomic E-state index is 0.875. The topological polar surface area (TPSA) is 0 Å². The van der Waals surface area contributed by atoms with Gasteiger partial charge in [0.05, 0.1) is 0 Å². The highest BCUT2D eigenvalue weighted by Crippen LogP contribution is 2.59. The van der Waals surface area contributed by atoms with Gasteiger partial charge in [0.15, 0.2) is 0 Å². The van der Waals surface area contributed by atoms with E-state index in [1.165, 1.54) is 43.2 Å². The van der Waals surface area contributed by atoms with Gasteiger partial charge in [-0.25, -0.2) is 0 Å². The molecular formula is C21H30. The van der Waals surface area contributed by atoms with Crippen LogP contribution in [0.4, 0.5) is 0 Å². The maximum absolute atomic E-state index is 2.51. The molecule has 0 radical (unpaired) electrons. The van der Waals surface area contributed by atoms with Crippen LogP contribution in [-0.2, 0) is 0 Å². The fourth-order valence-electron chi connectivity index (χ4n) is 6.39. The van der Waals surface area contributed by atoms with Crippen molar-refractivity contribution in [3.8, 4) is 0 Å². The standard InChI is InChI=1S/C21H30/c1-13-7-14(2)10-18(9-13)21-19-6-4-5-16(19)12-17-8-15(3)11-20(17)21/h7,9-10,15-17,19-21H,4-6,8,11-12H2,1-3H3. The molecule has 114 valence electrons. The maximum Gasteiger partial charge on any atom is -0.00997 e. The molecule has 21 heavy (non-hydrogen) atoms. The van der Waals surface area contributed by atoms with Gasteiger partial charge in [0.25, 0.3) is 0 Å². The molecule has 0 N–H and O–H groups in total. The highest BCUT2D eigenvalue weighted by molar-refractivity contribution is 5.33. The Morgan fingerprint density at radius 1 is 0.810 bits per heavy atom. The van der Waals surface area contributed by atoms with E-state index in [1.807, 2.05) is 0 Å². The van der Waals surface area contributed by atoms with Crippen LogP contribution in [0.3, 0.4) is 0 Å². The molecule has 3 saturated carbocycles. The van der Waals surface area contributed by atoms with Crippen LogP contribution in [0.15, 0.2) is 18.2 Å². The average molecular weight is 282 g/mol. The molecule has 6 unspecified atom stereocenters. The number of hydrogen-bond acceptors (Lipinski definition) is 0. The predicted octanol–water partition coefficient (Wildman–Crippen LogP) is 5.87. The van der Waals surface area contributed by atoms with Crippen molar-refractivity contribution < 1.29 is 0 Å². The Morgan fingerprint density at radius 3 is 2.33 bits per heavy atom. The second kappa shape index (κ2) is 5.14. The number of rotatable bonds is 1. The summed E-state index contributed by atoms with van der Waals surface area (Å²) in [5.41, 5.74) is 4.62. The molecule has 3 aliphatic rings. The zero-order valence-electron chi connectivity index (χ0n) is 13.9. The fraction of sp³-hybridized carbons (Fsp3) is 0.714. The summed E-state index contributed by atoms with van der Waals surface area (Å²) < 4.78 is 0. The predicted molar refractivity (Wildman–Crippen MR) is 89.5 cm³/mol. The lowest BCUT2D eigenvalue weighted by atomic mass is 9.62. The molecule has 3 fully saturated rings.